The molecule has 0 N–H and O–H groups in total. The van der Waals surface area contributed by atoms with E-state index in [2.05, 4.69) is 74.2 Å². The zero-order valence-corrected chi connectivity index (χ0v) is 12.7. The summed E-state index contributed by atoms with van der Waals surface area (Å²) in [5.41, 5.74) is 2.53. The van der Waals surface area contributed by atoms with E-state index in [1.807, 2.05) is 17.8 Å². The Morgan fingerprint density at radius 1 is 1.00 bits per heavy atom. The van der Waals surface area contributed by atoms with Crippen LogP contribution in [0.15, 0.2) is 71.0 Å². The van der Waals surface area contributed by atoms with Crippen molar-refractivity contribution in [3.63, 3.8) is 0 Å². The molecule has 0 amide bonds. The number of likely N-dealkylation sites (N-methyl/N-ethyl adjacent to an activating group) is 1. The molecular formula is C17H19N2S+. The Morgan fingerprint density at radius 2 is 1.50 bits per heavy atom. The van der Waals surface area contributed by atoms with E-state index in [9.17, 15) is 0 Å². The highest BCUT2D eigenvalue weighted by Crippen LogP contribution is 2.49. The summed E-state index contributed by atoms with van der Waals surface area (Å²) < 4.78 is 0.734. The number of benzene rings is 2. The molecule has 1 aliphatic heterocycles. The Morgan fingerprint density at radius 3 is 2.00 bits per heavy atom. The van der Waals surface area contributed by atoms with Gasteiger partial charge in [0, 0.05) is 9.79 Å². The van der Waals surface area contributed by atoms with Gasteiger partial charge in [0.25, 0.3) is 0 Å². The van der Waals surface area contributed by atoms with Crippen LogP contribution in [0.2, 0.25) is 0 Å². The fourth-order valence-electron chi connectivity index (χ4n) is 2.67. The van der Waals surface area contributed by atoms with Gasteiger partial charge in [0.2, 0.25) is 0 Å². The predicted molar refractivity (Wildman–Crippen MR) is 86.3 cm³/mol. The summed E-state index contributed by atoms with van der Waals surface area (Å²) in [7, 11) is 4.43. The highest BCUT2D eigenvalue weighted by molar-refractivity contribution is 7.99. The lowest BCUT2D eigenvalue weighted by Gasteiger charge is -2.43. The largest absolute Gasteiger partial charge is 0.217 e. The van der Waals surface area contributed by atoms with Crippen LogP contribution in [0, 0.1) is 0 Å². The summed E-state index contributed by atoms with van der Waals surface area (Å²) in [5.74, 6) is 0. The minimum Gasteiger partial charge on any atom is -0.217 e. The summed E-state index contributed by atoms with van der Waals surface area (Å²) in [6.45, 7) is 4.79. The monoisotopic (exact) mass is 283 g/mol. The second-order valence-corrected chi connectivity index (χ2v) is 6.53. The Bertz CT molecular complexity index is 603. The number of para-hydroxylation sites is 2. The highest BCUT2D eigenvalue weighted by Gasteiger charge is 2.33. The zero-order valence-electron chi connectivity index (χ0n) is 11.9. The molecule has 3 heteroatoms. The summed E-state index contributed by atoms with van der Waals surface area (Å²) in [6.07, 6.45) is 1.98. The number of hydrogen-bond donors (Lipinski definition) is 0. The van der Waals surface area contributed by atoms with Gasteiger partial charge in [0.15, 0.2) is 0 Å². The maximum absolute atomic E-state index is 3.91. The molecule has 0 atom stereocenters. The van der Waals surface area contributed by atoms with Gasteiger partial charge in [-0.2, -0.15) is 5.01 Å². The van der Waals surface area contributed by atoms with Crippen molar-refractivity contribution < 1.29 is 4.59 Å². The third-order valence-corrected chi connectivity index (χ3v) is 4.65. The van der Waals surface area contributed by atoms with Gasteiger partial charge < -0.3 is 0 Å². The number of rotatable bonds is 3. The highest BCUT2D eigenvalue weighted by atomic mass is 32.2. The molecule has 3 rings (SSSR count). The minimum absolute atomic E-state index is 0.734. The molecule has 2 nitrogen and oxygen atoms in total. The molecule has 0 aromatic heterocycles. The van der Waals surface area contributed by atoms with Crippen molar-refractivity contribution in [3.8, 4) is 0 Å². The molecule has 2 aromatic carbocycles. The molecule has 20 heavy (non-hydrogen) atoms. The number of hydrogen-bond acceptors (Lipinski definition) is 2. The molecule has 102 valence electrons. The van der Waals surface area contributed by atoms with Crippen LogP contribution in [-0.4, -0.2) is 25.2 Å². The van der Waals surface area contributed by atoms with Crippen LogP contribution in [0.4, 0.5) is 11.4 Å². The quantitative estimate of drug-likeness (QED) is 0.604. The second kappa shape index (κ2) is 5.00. The number of fused-ring (bicyclic) bond motifs is 2. The molecule has 0 bridgehead atoms. The Hall–Kier alpha value is -1.71. The lowest BCUT2D eigenvalue weighted by atomic mass is 10.2. The van der Waals surface area contributed by atoms with Gasteiger partial charge in [-0.25, -0.2) is 4.59 Å². The lowest BCUT2D eigenvalue weighted by Crippen LogP contribution is -2.53. The maximum Gasteiger partial charge on any atom is 0.119 e. The second-order valence-electron chi connectivity index (χ2n) is 5.44. The average Bonchev–Trinajstić information content (AvgIpc) is 2.44. The van der Waals surface area contributed by atoms with Crippen LogP contribution < -0.4 is 5.01 Å². The van der Waals surface area contributed by atoms with E-state index in [0.717, 1.165) is 11.1 Å². The van der Waals surface area contributed by atoms with Crippen molar-refractivity contribution in [1.29, 1.82) is 0 Å². The topological polar surface area (TPSA) is 3.24 Å². The van der Waals surface area contributed by atoms with Crippen LogP contribution in [0.25, 0.3) is 0 Å². The van der Waals surface area contributed by atoms with E-state index < -0.39 is 0 Å². The first kappa shape index (κ1) is 13.3. The molecule has 1 heterocycles. The first-order valence-electron chi connectivity index (χ1n) is 6.74. The molecule has 0 radical (unpaired) electrons. The Kier molecular flexibility index (Phi) is 3.32. The van der Waals surface area contributed by atoms with Crippen molar-refractivity contribution in [1.82, 2.24) is 0 Å². The Balaban J connectivity index is 2.20. The van der Waals surface area contributed by atoms with Crippen LogP contribution in [-0.2, 0) is 0 Å². The van der Waals surface area contributed by atoms with Crippen LogP contribution in [0.3, 0.4) is 0 Å². The average molecular weight is 283 g/mol. The number of quaternary nitrogens is 1. The van der Waals surface area contributed by atoms with E-state index in [1.54, 1.807) is 0 Å². The molecule has 0 fully saturated rings. The smallest absolute Gasteiger partial charge is 0.119 e. The van der Waals surface area contributed by atoms with Crippen molar-refractivity contribution in [2.45, 2.75) is 9.79 Å². The van der Waals surface area contributed by atoms with Crippen molar-refractivity contribution >= 4 is 23.1 Å². The standard InChI is InChI=1S/C17H19N2S/c1-4-13-19(2,3)18-14-9-5-7-11-16(14)20-17-12-8-6-10-15(17)18/h4-12H,1,13H2,2-3H3/q+1. The SMILES string of the molecule is C=CC[N+](C)(C)N1c2ccccc2Sc2ccccc21. The fraction of sp³-hybridized carbons (Fsp3) is 0.176. The third kappa shape index (κ3) is 2.13. The van der Waals surface area contributed by atoms with E-state index in [0.29, 0.717) is 0 Å². The van der Waals surface area contributed by atoms with E-state index in [-0.39, 0.29) is 0 Å². The summed E-state index contributed by atoms with van der Waals surface area (Å²) in [5, 5.41) is 2.39. The van der Waals surface area contributed by atoms with E-state index in [1.165, 1.54) is 21.2 Å². The molecule has 2 aromatic rings. The van der Waals surface area contributed by atoms with Crippen LogP contribution >= 0.6 is 11.8 Å². The molecule has 0 aliphatic carbocycles. The van der Waals surface area contributed by atoms with Gasteiger partial charge in [-0.15, -0.1) is 0 Å². The minimum atomic E-state index is 0.734. The van der Waals surface area contributed by atoms with Crippen LogP contribution in [0.1, 0.15) is 0 Å². The van der Waals surface area contributed by atoms with Gasteiger partial charge in [-0.05, 0) is 30.3 Å². The molecular weight excluding hydrogens is 264 g/mol. The Labute approximate surface area is 124 Å². The molecule has 0 spiro atoms. The molecule has 1 aliphatic rings. The molecule has 0 saturated heterocycles. The van der Waals surface area contributed by atoms with Crippen molar-refractivity contribution in [3.05, 3.63) is 61.2 Å². The number of nitrogens with zero attached hydrogens (tertiary/aromatic N) is 2. The maximum atomic E-state index is 3.91. The molecule has 0 unspecified atom stereocenters. The zero-order chi connectivity index (χ0) is 14.2. The van der Waals surface area contributed by atoms with Gasteiger partial charge >= 0.3 is 0 Å². The fourth-order valence-corrected chi connectivity index (χ4v) is 3.71. The third-order valence-electron chi connectivity index (χ3n) is 3.52. The summed E-state index contributed by atoms with van der Waals surface area (Å²) in [6, 6.07) is 17.2. The van der Waals surface area contributed by atoms with Gasteiger partial charge in [0.1, 0.15) is 17.9 Å². The predicted octanol–water partition coefficient (Wildman–Crippen LogP) is 4.47. The van der Waals surface area contributed by atoms with Crippen LogP contribution in [0.5, 0.6) is 0 Å². The van der Waals surface area contributed by atoms with Crippen molar-refractivity contribution in [2.24, 2.45) is 0 Å². The first-order chi connectivity index (χ1) is 9.63. The van der Waals surface area contributed by atoms with E-state index >= 15 is 0 Å². The number of anilines is 2. The summed E-state index contributed by atoms with van der Waals surface area (Å²) >= 11 is 1.84. The van der Waals surface area contributed by atoms with Gasteiger partial charge in [-0.1, -0.05) is 42.6 Å². The van der Waals surface area contributed by atoms with Gasteiger partial charge in [0.05, 0.1) is 14.1 Å². The lowest BCUT2D eigenvalue weighted by molar-refractivity contribution is -0.887. The van der Waals surface area contributed by atoms with Crippen molar-refractivity contribution in [2.75, 3.05) is 25.6 Å². The summed E-state index contributed by atoms with van der Waals surface area (Å²) in [4.78, 5) is 2.61. The molecule has 0 saturated carbocycles. The normalized spacial score (nSPS) is 13.6. The van der Waals surface area contributed by atoms with E-state index in [4.69, 9.17) is 0 Å². The van der Waals surface area contributed by atoms with Gasteiger partial charge in [-0.3, -0.25) is 0 Å². The first-order valence-corrected chi connectivity index (χ1v) is 7.55.